The Hall–Kier alpha value is -1.08. The van der Waals surface area contributed by atoms with Gasteiger partial charge in [0.1, 0.15) is 0 Å². The summed E-state index contributed by atoms with van der Waals surface area (Å²) in [5.41, 5.74) is 2.72. The van der Waals surface area contributed by atoms with E-state index in [1.165, 1.54) is 0 Å². The maximum atomic E-state index is 5.73. The van der Waals surface area contributed by atoms with Crippen LogP contribution in [0.4, 0.5) is 0 Å². The van der Waals surface area contributed by atoms with Crippen LogP contribution in [0, 0.1) is 6.92 Å². The Balaban J connectivity index is 0.000000791. The summed E-state index contributed by atoms with van der Waals surface area (Å²) in [5.74, 6) is 0. The van der Waals surface area contributed by atoms with Gasteiger partial charge in [0.25, 0.3) is 0 Å². The summed E-state index contributed by atoms with van der Waals surface area (Å²) in [6, 6.07) is 1.98. The van der Waals surface area contributed by atoms with Crippen LogP contribution in [0.5, 0.6) is 0 Å². The second kappa shape index (κ2) is 6.39. The lowest BCUT2D eigenvalue weighted by Gasteiger charge is -2.02. The maximum Gasteiger partial charge on any atom is 0.0881 e. The van der Waals surface area contributed by atoms with Crippen LogP contribution in [0.2, 0.25) is 0 Å². The molecule has 2 heteroatoms. The van der Waals surface area contributed by atoms with Crippen molar-refractivity contribution in [1.29, 1.82) is 0 Å². The standard InChI is InChI=1S/C10H10ClN.C2H6/c1-4-9-5-7(2)6-12-10(9)8(3)11;1-2/h4-6H,1,3H2,2H3;1-2H3. The van der Waals surface area contributed by atoms with E-state index in [1.54, 1.807) is 12.3 Å². The molecule has 1 heterocycles. The quantitative estimate of drug-likeness (QED) is 0.709. The average Bonchev–Trinajstić information content (AvgIpc) is 2.20. The zero-order chi connectivity index (χ0) is 11.1. The van der Waals surface area contributed by atoms with Crippen LogP contribution >= 0.6 is 11.6 Å². The van der Waals surface area contributed by atoms with Gasteiger partial charge in [-0.05, 0) is 18.6 Å². The third-order valence-electron chi connectivity index (χ3n) is 1.53. The normalized spacial score (nSPS) is 8.57. The Morgan fingerprint density at radius 3 is 2.50 bits per heavy atom. The highest BCUT2D eigenvalue weighted by molar-refractivity contribution is 6.48. The minimum absolute atomic E-state index is 0.449. The van der Waals surface area contributed by atoms with E-state index < -0.39 is 0 Å². The zero-order valence-corrected chi connectivity index (χ0v) is 9.73. The number of halogens is 1. The Morgan fingerprint density at radius 2 is 2.07 bits per heavy atom. The number of hydrogen-bond donors (Lipinski definition) is 0. The van der Waals surface area contributed by atoms with Crippen LogP contribution in [0.15, 0.2) is 25.4 Å². The molecule has 0 amide bonds. The van der Waals surface area contributed by atoms with E-state index in [4.69, 9.17) is 11.6 Å². The van der Waals surface area contributed by atoms with Crippen molar-refractivity contribution >= 4 is 22.7 Å². The first-order valence-corrected chi connectivity index (χ1v) is 4.97. The van der Waals surface area contributed by atoms with E-state index in [0.29, 0.717) is 10.7 Å². The minimum atomic E-state index is 0.449. The predicted octanol–water partition coefficient (Wildman–Crippen LogP) is 4.27. The molecule has 14 heavy (non-hydrogen) atoms. The van der Waals surface area contributed by atoms with E-state index in [-0.39, 0.29) is 0 Å². The minimum Gasteiger partial charge on any atom is -0.254 e. The molecule has 0 fully saturated rings. The van der Waals surface area contributed by atoms with E-state index >= 15 is 0 Å². The highest BCUT2D eigenvalue weighted by atomic mass is 35.5. The number of nitrogens with zero attached hydrogens (tertiary/aromatic N) is 1. The fourth-order valence-electron chi connectivity index (χ4n) is 0.974. The van der Waals surface area contributed by atoms with Gasteiger partial charge in [-0.1, -0.05) is 44.7 Å². The number of pyridine rings is 1. The van der Waals surface area contributed by atoms with E-state index in [9.17, 15) is 0 Å². The van der Waals surface area contributed by atoms with Crippen molar-refractivity contribution in [3.05, 3.63) is 42.2 Å². The molecule has 1 aromatic rings. The van der Waals surface area contributed by atoms with E-state index in [2.05, 4.69) is 18.1 Å². The Kier molecular flexibility index (Phi) is 5.89. The number of rotatable bonds is 2. The summed E-state index contributed by atoms with van der Waals surface area (Å²) >= 11 is 5.73. The average molecular weight is 210 g/mol. The zero-order valence-electron chi connectivity index (χ0n) is 8.97. The van der Waals surface area contributed by atoms with Gasteiger partial charge in [0.2, 0.25) is 0 Å². The van der Waals surface area contributed by atoms with Gasteiger partial charge in [-0.25, -0.2) is 0 Å². The largest absolute Gasteiger partial charge is 0.254 e. The summed E-state index contributed by atoms with van der Waals surface area (Å²) in [6.07, 6.45) is 3.48. The van der Waals surface area contributed by atoms with Crippen molar-refractivity contribution in [2.45, 2.75) is 20.8 Å². The molecule has 0 saturated carbocycles. The lowest BCUT2D eigenvalue weighted by molar-refractivity contribution is 1.23. The molecule has 0 aliphatic carbocycles. The van der Waals surface area contributed by atoms with Crippen LogP contribution in [-0.2, 0) is 0 Å². The molecule has 0 unspecified atom stereocenters. The molecule has 0 aliphatic rings. The molecule has 0 aliphatic heterocycles. The predicted molar refractivity (Wildman–Crippen MR) is 65.3 cm³/mol. The van der Waals surface area contributed by atoms with Gasteiger partial charge >= 0.3 is 0 Å². The molecule has 0 spiro atoms. The third-order valence-corrected chi connectivity index (χ3v) is 1.71. The highest BCUT2D eigenvalue weighted by Crippen LogP contribution is 2.19. The molecule has 0 N–H and O–H groups in total. The molecule has 0 aromatic carbocycles. The monoisotopic (exact) mass is 209 g/mol. The van der Waals surface area contributed by atoms with Gasteiger partial charge in [0, 0.05) is 11.8 Å². The number of aromatic nitrogens is 1. The molecule has 0 radical (unpaired) electrons. The molecule has 0 bridgehead atoms. The van der Waals surface area contributed by atoms with Crippen molar-refractivity contribution in [3.8, 4) is 0 Å². The molecule has 1 rings (SSSR count). The van der Waals surface area contributed by atoms with Gasteiger partial charge in [-0.3, -0.25) is 4.98 Å². The van der Waals surface area contributed by atoms with Crippen LogP contribution in [0.3, 0.4) is 0 Å². The van der Waals surface area contributed by atoms with Crippen molar-refractivity contribution in [2.75, 3.05) is 0 Å². The van der Waals surface area contributed by atoms with Gasteiger partial charge < -0.3 is 0 Å². The van der Waals surface area contributed by atoms with Crippen molar-refractivity contribution < 1.29 is 0 Å². The SMILES string of the molecule is C=Cc1cc(C)cnc1C(=C)Cl.CC. The summed E-state index contributed by atoms with van der Waals surface area (Å²) in [4.78, 5) is 4.15. The maximum absolute atomic E-state index is 5.73. The van der Waals surface area contributed by atoms with E-state index in [0.717, 1.165) is 11.1 Å². The molecule has 76 valence electrons. The summed E-state index contributed by atoms with van der Waals surface area (Å²) in [6.45, 7) is 13.3. The first-order chi connectivity index (χ1) is 6.65. The second-order valence-corrected chi connectivity index (χ2v) is 3.02. The lowest BCUT2D eigenvalue weighted by Crippen LogP contribution is -1.89. The van der Waals surface area contributed by atoms with Crippen molar-refractivity contribution in [3.63, 3.8) is 0 Å². The van der Waals surface area contributed by atoms with Crippen LogP contribution < -0.4 is 0 Å². The van der Waals surface area contributed by atoms with Crippen LogP contribution in [0.1, 0.15) is 30.7 Å². The summed E-state index contributed by atoms with van der Waals surface area (Å²) in [5, 5.41) is 0.449. The molecule has 1 nitrogen and oxygen atoms in total. The Bertz CT molecular complexity index is 329. The Labute approximate surface area is 91.1 Å². The molecule has 0 saturated heterocycles. The Morgan fingerprint density at radius 1 is 1.50 bits per heavy atom. The van der Waals surface area contributed by atoms with Gasteiger partial charge in [-0.2, -0.15) is 0 Å². The second-order valence-electron chi connectivity index (χ2n) is 2.56. The summed E-state index contributed by atoms with van der Waals surface area (Å²) < 4.78 is 0. The molecular weight excluding hydrogens is 194 g/mol. The number of hydrogen-bond acceptors (Lipinski definition) is 1. The topological polar surface area (TPSA) is 12.9 Å². The third kappa shape index (κ3) is 3.35. The lowest BCUT2D eigenvalue weighted by atomic mass is 10.1. The van der Waals surface area contributed by atoms with Gasteiger partial charge in [-0.15, -0.1) is 0 Å². The fraction of sp³-hybridized carbons (Fsp3) is 0.250. The highest BCUT2D eigenvalue weighted by Gasteiger charge is 2.02. The molecular formula is C12H16ClN. The van der Waals surface area contributed by atoms with E-state index in [1.807, 2.05) is 26.8 Å². The van der Waals surface area contributed by atoms with Gasteiger partial charge in [0.15, 0.2) is 0 Å². The number of aryl methyl sites for hydroxylation is 1. The van der Waals surface area contributed by atoms with Crippen molar-refractivity contribution in [2.24, 2.45) is 0 Å². The van der Waals surface area contributed by atoms with Crippen LogP contribution in [-0.4, -0.2) is 4.98 Å². The van der Waals surface area contributed by atoms with Gasteiger partial charge in [0.05, 0.1) is 10.7 Å². The van der Waals surface area contributed by atoms with Crippen LogP contribution in [0.25, 0.3) is 11.1 Å². The van der Waals surface area contributed by atoms with Crippen molar-refractivity contribution in [1.82, 2.24) is 4.98 Å². The molecule has 0 atom stereocenters. The smallest absolute Gasteiger partial charge is 0.0881 e. The fourth-order valence-corrected chi connectivity index (χ4v) is 1.13. The first kappa shape index (κ1) is 12.9. The molecule has 1 aromatic heterocycles. The first-order valence-electron chi connectivity index (χ1n) is 4.59. The summed E-state index contributed by atoms with van der Waals surface area (Å²) in [7, 11) is 0.